The Kier molecular flexibility index (Phi) is 4.64. The summed E-state index contributed by atoms with van der Waals surface area (Å²) in [5.74, 6) is -0.335. The number of urea groups is 1. The normalized spacial score (nSPS) is 14.2. The van der Waals surface area contributed by atoms with Crippen molar-refractivity contribution in [2.75, 3.05) is 5.32 Å². The number of aryl methyl sites for hydroxylation is 1. The van der Waals surface area contributed by atoms with Crippen LogP contribution >= 0.6 is 11.3 Å². The monoisotopic (exact) mass is 381 g/mol. The number of rotatable bonds is 4. The van der Waals surface area contributed by atoms with Gasteiger partial charge in [0, 0.05) is 24.3 Å². The first-order valence-electron chi connectivity index (χ1n) is 8.66. The molecular formula is C19H19N5O2S. The molecule has 0 spiro atoms. The number of nitrogens with one attached hydrogen (secondary N) is 3. The maximum absolute atomic E-state index is 12.4. The zero-order valence-electron chi connectivity index (χ0n) is 14.7. The van der Waals surface area contributed by atoms with Gasteiger partial charge >= 0.3 is 6.03 Å². The molecule has 0 atom stereocenters. The number of benzene rings is 2. The lowest BCUT2D eigenvalue weighted by molar-refractivity contribution is 0.0953. The molecular weight excluding hydrogens is 362 g/mol. The highest BCUT2D eigenvalue weighted by Gasteiger charge is 2.23. The number of aromatic nitrogens is 1. The van der Waals surface area contributed by atoms with Crippen LogP contribution in [0.25, 0.3) is 10.2 Å². The lowest BCUT2D eigenvalue weighted by atomic mass is 10.2. The molecule has 1 heterocycles. The number of carbonyl (C=O) groups excluding carboxylic acids is 2. The van der Waals surface area contributed by atoms with Crippen LogP contribution in [0.3, 0.4) is 0 Å². The van der Waals surface area contributed by atoms with E-state index in [2.05, 4.69) is 21.2 Å². The molecule has 1 aliphatic carbocycles. The lowest BCUT2D eigenvalue weighted by Crippen LogP contribution is -2.30. The van der Waals surface area contributed by atoms with Gasteiger partial charge in [-0.25, -0.2) is 10.2 Å². The summed E-state index contributed by atoms with van der Waals surface area (Å²) >= 11 is 1.50. The molecule has 3 amide bonds. The first-order chi connectivity index (χ1) is 13.1. The molecule has 0 unspecified atom stereocenters. The second-order valence-corrected chi connectivity index (χ2v) is 7.43. The van der Waals surface area contributed by atoms with Crippen LogP contribution in [0.2, 0.25) is 0 Å². The minimum absolute atomic E-state index is 0.253. The van der Waals surface area contributed by atoms with E-state index in [9.17, 15) is 9.59 Å². The average molecular weight is 381 g/mol. The second kappa shape index (κ2) is 7.24. The summed E-state index contributed by atoms with van der Waals surface area (Å²) in [6, 6.07) is 14.8. The fraction of sp³-hybridized carbons (Fsp3) is 0.211. The molecule has 2 aromatic carbocycles. The van der Waals surface area contributed by atoms with Gasteiger partial charge in [0.2, 0.25) is 4.80 Å². The number of carbonyl (C=O) groups is 2. The molecule has 0 aliphatic heterocycles. The molecule has 1 aromatic heterocycles. The first-order valence-corrected chi connectivity index (χ1v) is 9.48. The van der Waals surface area contributed by atoms with Gasteiger partial charge in [0.05, 0.1) is 10.2 Å². The fourth-order valence-electron chi connectivity index (χ4n) is 2.67. The van der Waals surface area contributed by atoms with Gasteiger partial charge < -0.3 is 15.2 Å². The van der Waals surface area contributed by atoms with Crippen molar-refractivity contribution < 1.29 is 9.59 Å². The molecule has 27 heavy (non-hydrogen) atoms. The van der Waals surface area contributed by atoms with Crippen LogP contribution in [0.5, 0.6) is 0 Å². The van der Waals surface area contributed by atoms with Crippen molar-refractivity contribution in [3.63, 3.8) is 0 Å². The highest BCUT2D eigenvalue weighted by molar-refractivity contribution is 7.16. The predicted octanol–water partition coefficient (Wildman–Crippen LogP) is 2.77. The van der Waals surface area contributed by atoms with Gasteiger partial charge in [-0.2, -0.15) is 0 Å². The Morgan fingerprint density at radius 1 is 1.15 bits per heavy atom. The van der Waals surface area contributed by atoms with Gasteiger partial charge in [-0.1, -0.05) is 29.5 Å². The predicted molar refractivity (Wildman–Crippen MR) is 105 cm³/mol. The topological polar surface area (TPSA) is 87.5 Å². The molecule has 0 bridgehead atoms. The standard InChI is InChI=1S/C19H19N5O2S/c1-24-15-7-2-3-8-16(15)27-19(24)23-22-17(25)12-5-4-6-14(11-12)21-18(26)20-13-9-10-13/h2-8,11,13H,9-10H2,1H3,(H,22,25)(H2,20,21,26)/b23-19+. The van der Waals surface area contributed by atoms with Crippen molar-refractivity contribution in [2.45, 2.75) is 18.9 Å². The van der Waals surface area contributed by atoms with E-state index in [4.69, 9.17) is 0 Å². The Morgan fingerprint density at radius 3 is 2.74 bits per heavy atom. The third-order valence-corrected chi connectivity index (χ3v) is 5.38. The molecule has 1 fully saturated rings. The van der Waals surface area contributed by atoms with E-state index in [1.165, 1.54) is 11.3 Å². The van der Waals surface area contributed by atoms with Crippen molar-refractivity contribution in [1.82, 2.24) is 15.3 Å². The van der Waals surface area contributed by atoms with Crippen LogP contribution in [0.4, 0.5) is 10.5 Å². The fourth-order valence-corrected chi connectivity index (χ4v) is 3.65. The highest BCUT2D eigenvalue weighted by Crippen LogP contribution is 2.19. The van der Waals surface area contributed by atoms with Crippen molar-refractivity contribution in [1.29, 1.82) is 0 Å². The van der Waals surface area contributed by atoms with Gasteiger partial charge in [0.1, 0.15) is 0 Å². The van der Waals surface area contributed by atoms with Crippen molar-refractivity contribution in [3.8, 4) is 0 Å². The van der Waals surface area contributed by atoms with Crippen LogP contribution in [0, 0.1) is 0 Å². The van der Waals surface area contributed by atoms with E-state index in [-0.39, 0.29) is 18.0 Å². The quantitative estimate of drug-likeness (QED) is 0.607. The largest absolute Gasteiger partial charge is 0.335 e. The third kappa shape index (κ3) is 4.01. The lowest BCUT2D eigenvalue weighted by Gasteiger charge is -2.07. The SMILES string of the molecule is Cn1/c(=N\NC(=O)c2cccc(NC(=O)NC3CC3)c2)sc2ccccc21. The van der Waals surface area contributed by atoms with Crippen LogP contribution in [-0.2, 0) is 7.05 Å². The number of hydrogen-bond acceptors (Lipinski definition) is 4. The van der Waals surface area contributed by atoms with E-state index >= 15 is 0 Å². The number of nitrogens with zero attached hydrogens (tertiary/aromatic N) is 2. The van der Waals surface area contributed by atoms with Gasteiger partial charge in [0.25, 0.3) is 5.91 Å². The maximum atomic E-state index is 12.4. The van der Waals surface area contributed by atoms with Crippen LogP contribution in [0.15, 0.2) is 53.6 Å². The molecule has 8 heteroatoms. The molecule has 0 saturated heterocycles. The Morgan fingerprint density at radius 2 is 1.96 bits per heavy atom. The summed E-state index contributed by atoms with van der Waals surface area (Å²) in [5.41, 5.74) is 4.63. The molecule has 1 saturated carbocycles. The number of amides is 3. The number of thiazole rings is 1. The molecule has 3 N–H and O–H groups in total. The van der Waals surface area contributed by atoms with E-state index in [1.807, 2.05) is 35.9 Å². The number of para-hydroxylation sites is 1. The first kappa shape index (κ1) is 17.3. The number of anilines is 1. The molecule has 3 aromatic rings. The van der Waals surface area contributed by atoms with Crippen LogP contribution in [-0.4, -0.2) is 22.5 Å². The molecule has 138 valence electrons. The van der Waals surface area contributed by atoms with E-state index in [0.29, 0.717) is 16.1 Å². The van der Waals surface area contributed by atoms with Gasteiger partial charge in [-0.3, -0.25) is 4.79 Å². The third-order valence-electron chi connectivity index (χ3n) is 4.26. The van der Waals surface area contributed by atoms with Crippen molar-refractivity contribution in [2.24, 2.45) is 12.1 Å². The molecule has 7 nitrogen and oxygen atoms in total. The molecule has 1 aliphatic rings. The summed E-state index contributed by atoms with van der Waals surface area (Å²) in [6.45, 7) is 0. The minimum Gasteiger partial charge on any atom is -0.335 e. The Bertz CT molecular complexity index is 1080. The van der Waals surface area contributed by atoms with Crippen molar-refractivity contribution in [3.05, 3.63) is 58.9 Å². The zero-order chi connectivity index (χ0) is 18.8. The van der Waals surface area contributed by atoms with Crippen LogP contribution in [0.1, 0.15) is 23.2 Å². The van der Waals surface area contributed by atoms with E-state index < -0.39 is 0 Å². The smallest absolute Gasteiger partial charge is 0.319 e. The Labute approximate surface area is 159 Å². The van der Waals surface area contributed by atoms with Crippen LogP contribution < -0.4 is 20.9 Å². The average Bonchev–Trinajstić information content (AvgIpc) is 3.42. The van der Waals surface area contributed by atoms with Gasteiger partial charge in [-0.15, -0.1) is 5.10 Å². The second-order valence-electron chi connectivity index (χ2n) is 6.42. The van der Waals surface area contributed by atoms with E-state index in [0.717, 1.165) is 23.1 Å². The summed E-state index contributed by atoms with van der Waals surface area (Å²) in [4.78, 5) is 25.0. The maximum Gasteiger partial charge on any atom is 0.319 e. The molecule has 0 radical (unpaired) electrons. The Hall–Kier alpha value is -3.13. The van der Waals surface area contributed by atoms with Gasteiger partial charge in [-0.05, 0) is 43.2 Å². The summed E-state index contributed by atoms with van der Waals surface area (Å²) in [6.07, 6.45) is 2.04. The summed E-state index contributed by atoms with van der Waals surface area (Å²) in [5, 5.41) is 9.83. The number of hydrogen-bond donors (Lipinski definition) is 3. The van der Waals surface area contributed by atoms with Crippen molar-refractivity contribution >= 4 is 39.2 Å². The summed E-state index contributed by atoms with van der Waals surface area (Å²) in [7, 11) is 1.91. The number of fused-ring (bicyclic) bond motifs is 1. The zero-order valence-corrected chi connectivity index (χ0v) is 15.5. The molecule has 4 rings (SSSR count). The Balaban J connectivity index is 1.48. The summed E-state index contributed by atoms with van der Waals surface area (Å²) < 4.78 is 3.03. The minimum atomic E-state index is -0.335. The van der Waals surface area contributed by atoms with E-state index in [1.54, 1.807) is 24.3 Å². The van der Waals surface area contributed by atoms with Gasteiger partial charge in [0.15, 0.2) is 0 Å². The highest BCUT2D eigenvalue weighted by atomic mass is 32.1.